The molecule has 2 aliphatic rings. The van der Waals surface area contributed by atoms with Gasteiger partial charge in [0.25, 0.3) is 0 Å². The van der Waals surface area contributed by atoms with Crippen molar-refractivity contribution in [3.8, 4) is 5.75 Å². The molecule has 2 saturated carbocycles. The molecule has 0 spiro atoms. The van der Waals surface area contributed by atoms with Crippen LogP contribution in [0.5, 0.6) is 5.75 Å². The lowest BCUT2D eigenvalue weighted by atomic mass is 9.94. The first-order valence-electron chi connectivity index (χ1n) is 6.16. The van der Waals surface area contributed by atoms with Gasteiger partial charge in [-0.05, 0) is 55.2 Å². The molecule has 92 valence electrons. The van der Waals surface area contributed by atoms with Crippen LogP contribution < -0.4 is 4.74 Å². The molecule has 3 unspecified atom stereocenters. The molecule has 1 aromatic rings. The van der Waals surface area contributed by atoms with Crippen LogP contribution in [0.1, 0.15) is 29.7 Å². The molecule has 2 fully saturated rings. The third-order valence-electron chi connectivity index (χ3n) is 4.18. The van der Waals surface area contributed by atoms with E-state index >= 15 is 0 Å². The minimum atomic E-state index is 0.379. The predicted molar refractivity (Wildman–Crippen MR) is 74.0 cm³/mol. The molecule has 1 nitrogen and oxygen atoms in total. The molecule has 0 radical (unpaired) electrons. The first-order valence-corrected chi connectivity index (χ1v) is 7.46. The van der Waals surface area contributed by atoms with Crippen LogP contribution in [-0.2, 0) is 0 Å². The standard InChI is InChI=1S/C14H16BrClO/c1-17-13-3-2-11(16)7-12(13)14(15)10-5-8-4-9(8)6-10/h2-3,7-10,14H,4-6H2,1H3. The van der Waals surface area contributed by atoms with Crippen LogP contribution in [0.15, 0.2) is 18.2 Å². The minimum absolute atomic E-state index is 0.379. The van der Waals surface area contributed by atoms with Crippen molar-refractivity contribution < 1.29 is 4.74 Å². The normalized spacial score (nSPS) is 32.1. The molecule has 3 atom stereocenters. The average Bonchev–Trinajstić information content (AvgIpc) is 2.95. The van der Waals surface area contributed by atoms with Crippen LogP contribution >= 0.6 is 27.5 Å². The smallest absolute Gasteiger partial charge is 0.123 e. The SMILES string of the molecule is COc1ccc(Cl)cc1C(Br)C1CC2CC2C1. The minimum Gasteiger partial charge on any atom is -0.496 e. The van der Waals surface area contributed by atoms with Crippen molar-refractivity contribution in [2.45, 2.75) is 24.1 Å². The summed E-state index contributed by atoms with van der Waals surface area (Å²) in [6, 6.07) is 5.88. The summed E-state index contributed by atoms with van der Waals surface area (Å²) in [7, 11) is 1.72. The number of hydrogen-bond acceptors (Lipinski definition) is 1. The summed E-state index contributed by atoms with van der Waals surface area (Å²) >= 11 is 9.93. The van der Waals surface area contributed by atoms with Crippen molar-refractivity contribution >= 4 is 27.5 Å². The summed E-state index contributed by atoms with van der Waals surface area (Å²) < 4.78 is 5.43. The number of halogens is 2. The lowest BCUT2D eigenvalue weighted by Gasteiger charge is -2.21. The van der Waals surface area contributed by atoms with Crippen molar-refractivity contribution in [1.82, 2.24) is 0 Å². The molecule has 3 rings (SSSR count). The second kappa shape index (κ2) is 4.47. The largest absolute Gasteiger partial charge is 0.496 e. The predicted octanol–water partition coefficient (Wildman–Crippen LogP) is 4.83. The van der Waals surface area contributed by atoms with Gasteiger partial charge in [0.05, 0.1) is 7.11 Å². The quantitative estimate of drug-likeness (QED) is 0.726. The van der Waals surface area contributed by atoms with Gasteiger partial charge in [0.2, 0.25) is 0 Å². The van der Waals surface area contributed by atoms with Gasteiger partial charge in [0.15, 0.2) is 0 Å². The molecule has 0 N–H and O–H groups in total. The van der Waals surface area contributed by atoms with Gasteiger partial charge in [0.1, 0.15) is 5.75 Å². The lowest BCUT2D eigenvalue weighted by Crippen LogP contribution is -2.07. The van der Waals surface area contributed by atoms with Crippen LogP contribution in [0.4, 0.5) is 0 Å². The van der Waals surface area contributed by atoms with Crippen LogP contribution in [0.2, 0.25) is 5.02 Å². The van der Waals surface area contributed by atoms with Crippen molar-refractivity contribution in [3.63, 3.8) is 0 Å². The van der Waals surface area contributed by atoms with Crippen LogP contribution in [0, 0.1) is 17.8 Å². The van der Waals surface area contributed by atoms with E-state index in [1.165, 1.54) is 24.8 Å². The van der Waals surface area contributed by atoms with Crippen molar-refractivity contribution in [1.29, 1.82) is 0 Å². The molecule has 0 aromatic heterocycles. The van der Waals surface area contributed by atoms with E-state index in [9.17, 15) is 0 Å². The summed E-state index contributed by atoms with van der Waals surface area (Å²) in [6.07, 6.45) is 4.18. The highest BCUT2D eigenvalue weighted by Crippen LogP contribution is 2.59. The monoisotopic (exact) mass is 314 g/mol. The van der Waals surface area contributed by atoms with E-state index < -0.39 is 0 Å². The van der Waals surface area contributed by atoms with Gasteiger partial charge in [-0.15, -0.1) is 0 Å². The zero-order valence-corrected chi connectivity index (χ0v) is 12.2. The van der Waals surface area contributed by atoms with Gasteiger partial charge >= 0.3 is 0 Å². The number of methoxy groups -OCH3 is 1. The Morgan fingerprint density at radius 1 is 1.29 bits per heavy atom. The van der Waals surface area contributed by atoms with Crippen molar-refractivity contribution in [2.75, 3.05) is 7.11 Å². The van der Waals surface area contributed by atoms with Gasteiger partial charge in [-0.1, -0.05) is 27.5 Å². The molecule has 0 amide bonds. The Morgan fingerprint density at radius 2 is 2.00 bits per heavy atom. The molecule has 2 aliphatic carbocycles. The molecule has 17 heavy (non-hydrogen) atoms. The maximum absolute atomic E-state index is 6.09. The molecule has 0 aliphatic heterocycles. The molecule has 0 bridgehead atoms. The van der Waals surface area contributed by atoms with Gasteiger partial charge in [0, 0.05) is 15.4 Å². The zero-order valence-electron chi connectivity index (χ0n) is 9.83. The van der Waals surface area contributed by atoms with Crippen molar-refractivity contribution in [2.24, 2.45) is 17.8 Å². The zero-order chi connectivity index (χ0) is 12.0. The summed E-state index contributed by atoms with van der Waals surface area (Å²) in [5.74, 6) is 3.69. The molecule has 0 saturated heterocycles. The summed E-state index contributed by atoms with van der Waals surface area (Å²) in [4.78, 5) is 0.379. The number of ether oxygens (including phenoxy) is 1. The summed E-state index contributed by atoms with van der Waals surface area (Å²) in [6.45, 7) is 0. The number of fused-ring (bicyclic) bond motifs is 1. The Bertz CT molecular complexity index is 424. The van der Waals surface area contributed by atoms with Crippen LogP contribution in [-0.4, -0.2) is 7.11 Å². The highest BCUT2D eigenvalue weighted by molar-refractivity contribution is 9.09. The third-order valence-corrected chi connectivity index (χ3v) is 5.66. The van der Waals surface area contributed by atoms with Gasteiger partial charge in [-0.3, -0.25) is 0 Å². The fourth-order valence-corrected chi connectivity index (χ4v) is 4.15. The fraction of sp³-hybridized carbons (Fsp3) is 0.571. The second-order valence-electron chi connectivity index (χ2n) is 5.28. The Morgan fingerprint density at radius 3 is 2.65 bits per heavy atom. The highest BCUT2D eigenvalue weighted by Gasteiger charge is 2.47. The lowest BCUT2D eigenvalue weighted by molar-refractivity contribution is 0.400. The van der Waals surface area contributed by atoms with E-state index in [2.05, 4.69) is 15.9 Å². The van der Waals surface area contributed by atoms with Gasteiger partial charge in [-0.2, -0.15) is 0 Å². The van der Waals surface area contributed by atoms with E-state index in [1.54, 1.807) is 7.11 Å². The topological polar surface area (TPSA) is 9.23 Å². The maximum Gasteiger partial charge on any atom is 0.123 e. The van der Waals surface area contributed by atoms with E-state index in [-0.39, 0.29) is 0 Å². The number of rotatable bonds is 3. The van der Waals surface area contributed by atoms with E-state index in [1.807, 2.05) is 18.2 Å². The Balaban J connectivity index is 1.84. The van der Waals surface area contributed by atoms with E-state index in [0.717, 1.165) is 28.5 Å². The first kappa shape index (κ1) is 11.9. The first-order chi connectivity index (χ1) is 8.19. The summed E-state index contributed by atoms with van der Waals surface area (Å²) in [5.41, 5.74) is 1.20. The molecule has 0 heterocycles. The summed E-state index contributed by atoms with van der Waals surface area (Å²) in [5, 5.41) is 0.786. The second-order valence-corrected chi connectivity index (χ2v) is 6.70. The van der Waals surface area contributed by atoms with Crippen molar-refractivity contribution in [3.05, 3.63) is 28.8 Å². The Kier molecular flexibility index (Phi) is 3.12. The molecule has 1 aromatic carbocycles. The van der Waals surface area contributed by atoms with Crippen LogP contribution in [0.3, 0.4) is 0 Å². The average molecular weight is 316 g/mol. The highest BCUT2D eigenvalue weighted by atomic mass is 79.9. The maximum atomic E-state index is 6.09. The number of hydrogen-bond donors (Lipinski definition) is 0. The van der Waals surface area contributed by atoms with E-state index in [4.69, 9.17) is 16.3 Å². The van der Waals surface area contributed by atoms with Gasteiger partial charge in [-0.25, -0.2) is 0 Å². The van der Waals surface area contributed by atoms with Crippen LogP contribution in [0.25, 0.3) is 0 Å². The number of alkyl halides is 1. The van der Waals surface area contributed by atoms with E-state index in [0.29, 0.717) is 4.83 Å². The Labute approximate surface area is 116 Å². The molecular formula is C14H16BrClO. The molecule has 3 heteroatoms. The third kappa shape index (κ3) is 2.22. The number of benzene rings is 1. The Hall–Kier alpha value is -0.210. The van der Waals surface area contributed by atoms with Gasteiger partial charge < -0.3 is 4.74 Å². The fourth-order valence-electron chi connectivity index (χ4n) is 3.18. The molecular weight excluding hydrogens is 300 g/mol.